The Kier molecular flexibility index (Phi) is 5.94. The third-order valence-corrected chi connectivity index (χ3v) is 6.79. The van der Waals surface area contributed by atoms with Gasteiger partial charge < -0.3 is 9.64 Å². The number of nitriles is 1. The maximum atomic E-state index is 9.11. The number of hydrogen-bond donors (Lipinski definition) is 0. The van der Waals surface area contributed by atoms with Crippen molar-refractivity contribution in [2.24, 2.45) is 11.8 Å². The van der Waals surface area contributed by atoms with Gasteiger partial charge in [0.15, 0.2) is 0 Å². The molecule has 3 aromatic carbocycles. The number of rotatable bonds is 4. The first-order valence-corrected chi connectivity index (χ1v) is 11.9. The summed E-state index contributed by atoms with van der Waals surface area (Å²) in [6.07, 6.45) is 3.22. The smallest absolute Gasteiger partial charge is 0.137 e. The molecule has 34 heavy (non-hydrogen) atoms. The highest BCUT2D eigenvalue weighted by Crippen LogP contribution is 2.39. The van der Waals surface area contributed by atoms with Crippen molar-refractivity contribution >= 4 is 16.6 Å². The van der Waals surface area contributed by atoms with Gasteiger partial charge in [-0.25, -0.2) is 0 Å². The minimum absolute atomic E-state index is 0.647. The monoisotopic (exact) mass is 447 g/mol. The van der Waals surface area contributed by atoms with Gasteiger partial charge in [-0.05, 0) is 59.7 Å². The quantitative estimate of drug-likeness (QED) is 0.340. The Balaban J connectivity index is 1.52. The molecule has 2 heterocycles. The van der Waals surface area contributed by atoms with E-state index in [9.17, 15) is 0 Å². The fraction of sp³-hybridized carbons (Fsp3) is 0.267. The minimum Gasteiger partial charge on any atom is -0.495 e. The summed E-state index contributed by atoms with van der Waals surface area (Å²) < 4.78 is 5.92. The lowest BCUT2D eigenvalue weighted by atomic mass is 9.91. The second-order valence-corrected chi connectivity index (χ2v) is 9.49. The standard InChI is InChI=1S/C30H29N3O/c1-20-15-21(2)19-33(18-20)25-13-11-24(12-14-25)28-17-32-29-26(5-4-6-27(29)30(28)34-3)23-9-7-22(16-31)8-10-23/h4-14,17,20-21H,15,18-19H2,1-3H3/t20-,21+. The zero-order valence-corrected chi connectivity index (χ0v) is 20.0. The number of anilines is 1. The number of benzene rings is 3. The summed E-state index contributed by atoms with van der Waals surface area (Å²) >= 11 is 0. The van der Waals surface area contributed by atoms with Crippen LogP contribution in [0.15, 0.2) is 72.9 Å². The lowest BCUT2D eigenvalue weighted by Gasteiger charge is -2.36. The number of hydrogen-bond acceptors (Lipinski definition) is 4. The summed E-state index contributed by atoms with van der Waals surface area (Å²) in [7, 11) is 1.72. The van der Waals surface area contributed by atoms with E-state index in [0.29, 0.717) is 5.56 Å². The number of fused-ring (bicyclic) bond motifs is 1. The first kappa shape index (κ1) is 22.0. The van der Waals surface area contributed by atoms with Crippen LogP contribution in [0, 0.1) is 23.2 Å². The Labute approximate surface area is 201 Å². The van der Waals surface area contributed by atoms with Crippen LogP contribution >= 0.6 is 0 Å². The molecule has 1 aliphatic heterocycles. The van der Waals surface area contributed by atoms with Gasteiger partial charge in [0.2, 0.25) is 0 Å². The minimum atomic E-state index is 0.647. The summed E-state index contributed by atoms with van der Waals surface area (Å²) in [6.45, 7) is 6.91. The van der Waals surface area contributed by atoms with Crippen molar-refractivity contribution < 1.29 is 4.74 Å². The van der Waals surface area contributed by atoms with Gasteiger partial charge in [0.1, 0.15) is 5.75 Å². The summed E-state index contributed by atoms with van der Waals surface area (Å²) in [5.41, 5.74) is 6.94. The van der Waals surface area contributed by atoms with Crippen LogP contribution in [0.4, 0.5) is 5.69 Å². The normalized spacial score (nSPS) is 18.0. The second-order valence-electron chi connectivity index (χ2n) is 9.49. The van der Waals surface area contributed by atoms with E-state index >= 15 is 0 Å². The zero-order chi connectivity index (χ0) is 23.7. The van der Waals surface area contributed by atoms with E-state index < -0.39 is 0 Å². The Morgan fingerprint density at radius 1 is 0.882 bits per heavy atom. The molecule has 4 aromatic rings. The topological polar surface area (TPSA) is 49.1 Å². The Morgan fingerprint density at radius 2 is 1.53 bits per heavy atom. The third-order valence-electron chi connectivity index (χ3n) is 6.79. The first-order valence-electron chi connectivity index (χ1n) is 11.9. The molecule has 1 aliphatic rings. The number of aromatic nitrogens is 1. The predicted octanol–water partition coefficient (Wildman–Crippen LogP) is 6.93. The fourth-order valence-electron chi connectivity index (χ4n) is 5.31. The molecule has 1 saturated heterocycles. The van der Waals surface area contributed by atoms with E-state index in [1.165, 1.54) is 12.1 Å². The highest BCUT2D eigenvalue weighted by Gasteiger charge is 2.22. The first-order chi connectivity index (χ1) is 16.6. The van der Waals surface area contributed by atoms with Crippen LogP contribution < -0.4 is 9.64 Å². The highest BCUT2D eigenvalue weighted by atomic mass is 16.5. The van der Waals surface area contributed by atoms with Gasteiger partial charge in [-0.15, -0.1) is 0 Å². The van der Waals surface area contributed by atoms with Crippen molar-refractivity contribution in [1.29, 1.82) is 5.26 Å². The molecule has 1 fully saturated rings. The van der Waals surface area contributed by atoms with Gasteiger partial charge in [-0.1, -0.05) is 50.2 Å². The predicted molar refractivity (Wildman–Crippen MR) is 139 cm³/mol. The largest absolute Gasteiger partial charge is 0.495 e. The van der Waals surface area contributed by atoms with Gasteiger partial charge in [-0.3, -0.25) is 4.98 Å². The summed E-state index contributed by atoms with van der Waals surface area (Å²) in [5, 5.41) is 10.1. The van der Waals surface area contributed by atoms with Crippen molar-refractivity contribution in [3.8, 4) is 34.1 Å². The van der Waals surface area contributed by atoms with Gasteiger partial charge >= 0.3 is 0 Å². The molecule has 4 heteroatoms. The molecule has 0 unspecified atom stereocenters. The van der Waals surface area contributed by atoms with Gasteiger partial charge in [0.05, 0.1) is 24.3 Å². The molecule has 4 nitrogen and oxygen atoms in total. The average Bonchev–Trinajstić information content (AvgIpc) is 2.87. The number of nitrogens with zero attached hydrogens (tertiary/aromatic N) is 3. The van der Waals surface area contributed by atoms with E-state index in [1.807, 2.05) is 36.5 Å². The Bertz CT molecular complexity index is 1340. The molecular formula is C30H29N3O. The summed E-state index contributed by atoms with van der Waals surface area (Å²) in [5.74, 6) is 2.27. The van der Waals surface area contributed by atoms with Crippen LogP contribution in [0.1, 0.15) is 25.8 Å². The van der Waals surface area contributed by atoms with Crippen LogP contribution in [-0.2, 0) is 0 Å². The number of piperidine rings is 1. The molecule has 5 rings (SSSR count). The molecule has 1 aromatic heterocycles. The van der Waals surface area contributed by atoms with E-state index in [1.54, 1.807) is 7.11 Å². The van der Waals surface area contributed by atoms with Crippen LogP contribution in [-0.4, -0.2) is 25.2 Å². The molecule has 2 atom stereocenters. The highest BCUT2D eigenvalue weighted by molar-refractivity contribution is 6.00. The second kappa shape index (κ2) is 9.19. The van der Waals surface area contributed by atoms with E-state index in [-0.39, 0.29) is 0 Å². The zero-order valence-electron chi connectivity index (χ0n) is 20.0. The maximum absolute atomic E-state index is 9.11. The molecule has 170 valence electrons. The lowest BCUT2D eigenvalue weighted by Crippen LogP contribution is -2.38. The SMILES string of the molecule is COc1c(-c2ccc(N3C[C@H](C)C[C@H](C)C3)cc2)cnc2c(-c3ccc(C#N)cc3)cccc12. The average molecular weight is 448 g/mol. The number of methoxy groups -OCH3 is 1. The van der Waals surface area contributed by atoms with Crippen LogP contribution in [0.2, 0.25) is 0 Å². The van der Waals surface area contributed by atoms with Crippen LogP contribution in [0.3, 0.4) is 0 Å². The number of ether oxygens (including phenoxy) is 1. The fourth-order valence-corrected chi connectivity index (χ4v) is 5.31. The third kappa shape index (κ3) is 4.10. The lowest BCUT2D eigenvalue weighted by molar-refractivity contribution is 0.357. The Hall–Kier alpha value is -3.84. The van der Waals surface area contributed by atoms with Gasteiger partial charge in [-0.2, -0.15) is 5.26 Å². The molecule has 0 saturated carbocycles. The van der Waals surface area contributed by atoms with Crippen LogP contribution in [0.25, 0.3) is 33.2 Å². The van der Waals surface area contributed by atoms with Gasteiger partial charge in [0, 0.05) is 41.5 Å². The Morgan fingerprint density at radius 3 is 2.18 bits per heavy atom. The molecule has 0 aliphatic carbocycles. The molecule has 0 N–H and O–H groups in total. The van der Waals surface area contributed by atoms with Crippen LogP contribution in [0.5, 0.6) is 5.75 Å². The van der Waals surface area contributed by atoms with Crippen molar-refractivity contribution in [3.63, 3.8) is 0 Å². The van der Waals surface area contributed by atoms with E-state index in [4.69, 9.17) is 15.0 Å². The molecule has 0 amide bonds. The number of para-hydroxylation sites is 1. The maximum Gasteiger partial charge on any atom is 0.137 e. The summed E-state index contributed by atoms with van der Waals surface area (Å²) in [6, 6.07) is 24.7. The molecule has 0 bridgehead atoms. The van der Waals surface area contributed by atoms with Crippen molar-refractivity contribution in [2.75, 3.05) is 25.1 Å². The molecule has 0 radical (unpaired) electrons. The molecular weight excluding hydrogens is 418 g/mol. The van der Waals surface area contributed by atoms with E-state index in [0.717, 1.165) is 63.8 Å². The molecule has 0 spiro atoms. The number of pyridine rings is 1. The van der Waals surface area contributed by atoms with Gasteiger partial charge in [0.25, 0.3) is 0 Å². The summed E-state index contributed by atoms with van der Waals surface area (Å²) in [4.78, 5) is 7.36. The van der Waals surface area contributed by atoms with Crippen molar-refractivity contribution in [2.45, 2.75) is 20.3 Å². The van der Waals surface area contributed by atoms with Crippen molar-refractivity contribution in [1.82, 2.24) is 4.98 Å². The van der Waals surface area contributed by atoms with Crippen molar-refractivity contribution in [3.05, 3.63) is 78.5 Å². The van der Waals surface area contributed by atoms with E-state index in [2.05, 4.69) is 61.2 Å².